The summed E-state index contributed by atoms with van der Waals surface area (Å²) in [4.78, 5) is 51.9. The lowest BCUT2D eigenvalue weighted by Crippen LogP contribution is -2.57. The van der Waals surface area contributed by atoms with Gasteiger partial charge in [-0.15, -0.1) is 0 Å². The van der Waals surface area contributed by atoms with Crippen molar-refractivity contribution < 1.29 is 43.2 Å². The Morgan fingerprint density at radius 2 is 1.36 bits per heavy atom. The molecule has 0 saturated carbocycles. The third-order valence-corrected chi connectivity index (χ3v) is 7.65. The number of hydrogen-bond acceptors (Lipinski definition) is 11. The molecule has 0 heterocycles. The number of nitrogens with two attached hydrogens (primary N) is 1. The molecule has 2 unspecified atom stereocenters. The first-order valence-electron chi connectivity index (χ1n) is 15.2. The molecule has 0 fully saturated rings. The van der Waals surface area contributed by atoms with Gasteiger partial charge in [-0.3, -0.25) is 15.0 Å². The number of carbonyl (C=O) groups excluding carboxylic acids is 4. The second kappa shape index (κ2) is 18.7. The van der Waals surface area contributed by atoms with Crippen molar-refractivity contribution in [2.45, 2.75) is 58.5 Å². The third kappa shape index (κ3) is 11.1. The van der Waals surface area contributed by atoms with Crippen LogP contribution in [-0.4, -0.2) is 87.2 Å². The van der Waals surface area contributed by atoms with Gasteiger partial charge in [0, 0.05) is 19.1 Å². The van der Waals surface area contributed by atoms with E-state index in [1.54, 1.807) is 76.2 Å². The van der Waals surface area contributed by atoms with Gasteiger partial charge in [-0.2, -0.15) is 0 Å². The average Bonchev–Trinajstić information content (AvgIpc) is 3.05. The van der Waals surface area contributed by atoms with Crippen molar-refractivity contribution >= 4 is 23.9 Å². The number of hydrogen-bond donors (Lipinski definition) is 5. The highest BCUT2D eigenvalue weighted by Crippen LogP contribution is 2.29. The normalized spacial score (nSPS) is 14.4. The topological polar surface area (TPSA) is 191 Å². The van der Waals surface area contributed by atoms with Crippen molar-refractivity contribution in [2.75, 3.05) is 35.0 Å². The summed E-state index contributed by atoms with van der Waals surface area (Å²) in [5, 5.41) is 18.4. The van der Waals surface area contributed by atoms with Crippen LogP contribution < -0.4 is 31.3 Å². The molecular weight excluding hydrogens is 610 g/mol. The molecule has 0 aromatic heterocycles. The monoisotopic (exact) mass is 659 g/mol. The van der Waals surface area contributed by atoms with Crippen LogP contribution in [-0.2, 0) is 25.6 Å². The van der Waals surface area contributed by atoms with Gasteiger partial charge in [0.05, 0.1) is 46.5 Å². The van der Waals surface area contributed by atoms with E-state index in [0.29, 0.717) is 22.6 Å². The van der Waals surface area contributed by atoms with Crippen LogP contribution >= 0.6 is 0 Å². The smallest absolute Gasteiger partial charge is 0.407 e. The van der Waals surface area contributed by atoms with Gasteiger partial charge < -0.3 is 40.4 Å². The van der Waals surface area contributed by atoms with E-state index in [2.05, 4.69) is 16.1 Å². The van der Waals surface area contributed by atoms with Crippen molar-refractivity contribution in [1.82, 2.24) is 21.1 Å². The summed E-state index contributed by atoms with van der Waals surface area (Å²) in [6, 6.07) is 11.0. The maximum absolute atomic E-state index is 14.2. The standard InChI is InChI=1S/C33H49N5O9/c1-19(2)28(35-32(42)46-7)30(40)26(27(34)22-12-10-9-11-13-22)23(39)18-38(17-21-14-15-24(44-5)25(16-21)45-6)37-31(41)29(20(3)4)36-33(43)47-8/h9-16,19-20,23,26-29,39H,17-18,34H2,1-8H3,(H,35,42)(H,36,43)(H,37,41)/t23-,26?,27?,28-,29-/m0/s1. The molecule has 2 rings (SSSR count). The Kier molecular flexibility index (Phi) is 15.4. The quantitative estimate of drug-likeness (QED) is 0.157. The molecule has 0 bridgehead atoms. The molecule has 260 valence electrons. The second-order valence-corrected chi connectivity index (χ2v) is 11.7. The van der Waals surface area contributed by atoms with Crippen LogP contribution in [0.2, 0.25) is 0 Å². The molecule has 0 aliphatic heterocycles. The molecule has 0 saturated heterocycles. The highest BCUT2D eigenvalue weighted by atomic mass is 16.5. The molecule has 14 nitrogen and oxygen atoms in total. The van der Waals surface area contributed by atoms with Gasteiger partial charge >= 0.3 is 12.2 Å². The molecule has 2 aromatic rings. The summed E-state index contributed by atoms with van der Waals surface area (Å²) < 4.78 is 20.2. The van der Waals surface area contributed by atoms with Crippen molar-refractivity contribution in [3.8, 4) is 11.5 Å². The number of nitrogens with one attached hydrogen (secondary N) is 3. The lowest BCUT2D eigenvalue weighted by molar-refractivity contribution is -0.133. The number of ketones is 1. The number of nitrogens with zero attached hydrogens (tertiary/aromatic N) is 1. The number of hydrazine groups is 1. The Morgan fingerprint density at radius 1 is 0.809 bits per heavy atom. The van der Waals surface area contributed by atoms with Gasteiger partial charge in [0.2, 0.25) is 0 Å². The van der Waals surface area contributed by atoms with Crippen LogP contribution in [0.15, 0.2) is 48.5 Å². The van der Waals surface area contributed by atoms with Crippen molar-refractivity contribution in [2.24, 2.45) is 23.5 Å². The number of Topliss-reactive ketones (excluding diaryl/α,β-unsaturated/α-hetero) is 1. The molecule has 47 heavy (non-hydrogen) atoms. The predicted molar refractivity (Wildman–Crippen MR) is 174 cm³/mol. The van der Waals surface area contributed by atoms with Crippen LogP contribution in [0.4, 0.5) is 9.59 Å². The summed E-state index contributed by atoms with van der Waals surface area (Å²) in [6.07, 6.45) is -3.05. The molecule has 6 N–H and O–H groups in total. The van der Waals surface area contributed by atoms with Crippen molar-refractivity contribution in [3.63, 3.8) is 0 Å². The van der Waals surface area contributed by atoms with Crippen LogP contribution in [0.5, 0.6) is 11.5 Å². The van der Waals surface area contributed by atoms with Gasteiger partial charge in [0.25, 0.3) is 5.91 Å². The summed E-state index contributed by atoms with van der Waals surface area (Å²) >= 11 is 0. The first-order chi connectivity index (χ1) is 22.3. The number of aliphatic hydroxyl groups is 1. The Bertz CT molecular complexity index is 1320. The summed E-state index contributed by atoms with van der Waals surface area (Å²) in [5.74, 6) is -2.11. The van der Waals surface area contributed by atoms with Crippen LogP contribution in [0.25, 0.3) is 0 Å². The first-order valence-corrected chi connectivity index (χ1v) is 15.2. The molecular formula is C33H49N5O9. The minimum absolute atomic E-state index is 0.0434. The van der Waals surface area contributed by atoms with E-state index in [9.17, 15) is 24.3 Å². The zero-order chi connectivity index (χ0) is 35.3. The van der Waals surface area contributed by atoms with E-state index in [4.69, 9.17) is 24.7 Å². The SMILES string of the molecule is COC(=O)N[C@H](C(=O)NN(Cc1ccc(OC)c(OC)c1)C[C@H](O)C(C(=O)[C@@H](NC(=O)OC)C(C)C)C(N)c1ccccc1)C(C)C. The van der Waals surface area contributed by atoms with E-state index >= 15 is 0 Å². The maximum Gasteiger partial charge on any atom is 0.407 e. The minimum atomic E-state index is -1.45. The number of rotatable bonds is 17. The van der Waals surface area contributed by atoms with E-state index in [1.807, 2.05) is 0 Å². The Labute approximate surface area is 276 Å². The highest BCUT2D eigenvalue weighted by Gasteiger charge is 2.40. The van der Waals surface area contributed by atoms with Crippen LogP contribution in [0.1, 0.15) is 44.9 Å². The van der Waals surface area contributed by atoms with Gasteiger partial charge in [0.1, 0.15) is 6.04 Å². The summed E-state index contributed by atoms with van der Waals surface area (Å²) in [5.41, 5.74) is 10.7. The van der Waals surface area contributed by atoms with Crippen LogP contribution in [0.3, 0.4) is 0 Å². The molecule has 0 aliphatic carbocycles. The van der Waals surface area contributed by atoms with E-state index < -0.39 is 54.0 Å². The van der Waals surface area contributed by atoms with Gasteiger partial charge in [0.15, 0.2) is 17.3 Å². The number of benzene rings is 2. The molecule has 14 heteroatoms. The van der Waals surface area contributed by atoms with Gasteiger partial charge in [-0.1, -0.05) is 64.1 Å². The Hall–Kier alpha value is -4.40. The molecule has 3 amide bonds. The second-order valence-electron chi connectivity index (χ2n) is 11.7. The molecule has 5 atom stereocenters. The number of carbonyl (C=O) groups is 4. The van der Waals surface area contributed by atoms with Crippen molar-refractivity contribution in [1.29, 1.82) is 0 Å². The number of ether oxygens (including phenoxy) is 4. The number of methoxy groups -OCH3 is 4. The van der Waals surface area contributed by atoms with E-state index in [-0.39, 0.29) is 24.9 Å². The van der Waals surface area contributed by atoms with Gasteiger partial charge in [-0.05, 0) is 35.1 Å². The first kappa shape index (κ1) is 38.8. The van der Waals surface area contributed by atoms with Crippen LogP contribution in [0, 0.1) is 17.8 Å². The summed E-state index contributed by atoms with van der Waals surface area (Å²) in [6.45, 7) is 6.77. The Balaban J connectivity index is 2.56. The number of aliphatic hydroxyl groups excluding tert-OH is 1. The fraction of sp³-hybridized carbons (Fsp3) is 0.515. The minimum Gasteiger partial charge on any atom is -0.493 e. The fourth-order valence-electron chi connectivity index (χ4n) is 5.08. The predicted octanol–water partition coefficient (Wildman–Crippen LogP) is 2.54. The number of alkyl carbamates (subject to hydrolysis) is 2. The number of amides is 3. The third-order valence-electron chi connectivity index (χ3n) is 7.65. The van der Waals surface area contributed by atoms with Gasteiger partial charge in [-0.25, -0.2) is 14.6 Å². The van der Waals surface area contributed by atoms with E-state index in [1.165, 1.54) is 33.4 Å². The largest absolute Gasteiger partial charge is 0.493 e. The zero-order valence-corrected chi connectivity index (χ0v) is 28.3. The lowest BCUT2D eigenvalue weighted by atomic mass is 9.80. The fourth-order valence-corrected chi connectivity index (χ4v) is 5.08. The maximum atomic E-state index is 14.2. The molecule has 0 aliphatic rings. The molecule has 2 aromatic carbocycles. The molecule has 0 spiro atoms. The highest BCUT2D eigenvalue weighted by molar-refractivity contribution is 5.90. The zero-order valence-electron chi connectivity index (χ0n) is 28.3. The van der Waals surface area contributed by atoms with E-state index in [0.717, 1.165) is 0 Å². The molecule has 0 radical (unpaired) electrons. The average molecular weight is 660 g/mol. The lowest BCUT2D eigenvalue weighted by Gasteiger charge is -2.35. The Morgan fingerprint density at radius 3 is 1.87 bits per heavy atom. The van der Waals surface area contributed by atoms with Crippen molar-refractivity contribution in [3.05, 3.63) is 59.7 Å². The summed E-state index contributed by atoms with van der Waals surface area (Å²) in [7, 11) is 5.38.